The van der Waals surface area contributed by atoms with Crippen LogP contribution in [-0.2, 0) is 0 Å². The molecule has 0 bridgehead atoms. The highest BCUT2D eigenvalue weighted by atomic mass is 79.9. The minimum Gasteiger partial charge on any atom is -0.306 e. The highest BCUT2D eigenvalue weighted by Gasteiger charge is 2.17. The van der Waals surface area contributed by atoms with E-state index < -0.39 is 0 Å². The van der Waals surface area contributed by atoms with E-state index in [2.05, 4.69) is 34.2 Å². The second kappa shape index (κ2) is 6.45. The van der Waals surface area contributed by atoms with Gasteiger partial charge < -0.3 is 5.32 Å². The van der Waals surface area contributed by atoms with Gasteiger partial charge in [0.2, 0.25) is 0 Å². The van der Waals surface area contributed by atoms with Crippen molar-refractivity contribution < 1.29 is 4.39 Å². The van der Waals surface area contributed by atoms with E-state index in [0.29, 0.717) is 0 Å². The summed E-state index contributed by atoms with van der Waals surface area (Å²) in [5, 5.41) is 5.51. The molecule has 0 spiro atoms. The molecular weight excluding hydrogens is 313 g/mol. The lowest BCUT2D eigenvalue weighted by molar-refractivity contribution is 0.589. The molecule has 0 amide bonds. The maximum Gasteiger partial charge on any atom is 0.123 e. The largest absolute Gasteiger partial charge is 0.306 e. The van der Waals surface area contributed by atoms with Gasteiger partial charge in [-0.25, -0.2) is 4.39 Å². The SMILES string of the molecule is CCCNC(c1cccs1)c1cc(F)ccc1Br. The van der Waals surface area contributed by atoms with Gasteiger partial charge in [0.1, 0.15) is 5.82 Å². The maximum atomic E-state index is 13.4. The first kappa shape index (κ1) is 13.7. The molecule has 1 unspecified atom stereocenters. The number of nitrogens with one attached hydrogen (secondary N) is 1. The van der Waals surface area contributed by atoms with Crippen molar-refractivity contribution in [3.05, 3.63) is 56.4 Å². The number of rotatable bonds is 5. The zero-order chi connectivity index (χ0) is 13.0. The molecule has 1 nitrogen and oxygen atoms in total. The second-order valence-electron chi connectivity index (χ2n) is 4.07. The average molecular weight is 328 g/mol. The Hall–Kier alpha value is -0.710. The molecule has 1 N–H and O–H groups in total. The summed E-state index contributed by atoms with van der Waals surface area (Å²) in [6.07, 6.45) is 1.05. The summed E-state index contributed by atoms with van der Waals surface area (Å²) in [5.74, 6) is -0.201. The van der Waals surface area contributed by atoms with Gasteiger partial charge in [-0.15, -0.1) is 11.3 Å². The van der Waals surface area contributed by atoms with Crippen LogP contribution < -0.4 is 5.32 Å². The Balaban J connectivity index is 2.36. The fraction of sp³-hybridized carbons (Fsp3) is 0.286. The zero-order valence-corrected chi connectivity index (χ0v) is 12.5. The monoisotopic (exact) mass is 327 g/mol. The molecule has 0 aliphatic heterocycles. The molecular formula is C14H15BrFNS. The molecule has 0 fully saturated rings. The Morgan fingerprint density at radius 1 is 1.39 bits per heavy atom. The quantitative estimate of drug-likeness (QED) is 0.836. The number of hydrogen-bond acceptors (Lipinski definition) is 2. The predicted octanol–water partition coefficient (Wildman–Crippen LogP) is 4.74. The molecule has 0 radical (unpaired) electrons. The molecule has 0 saturated heterocycles. The van der Waals surface area contributed by atoms with Crippen molar-refractivity contribution in [1.29, 1.82) is 0 Å². The van der Waals surface area contributed by atoms with E-state index in [1.807, 2.05) is 11.4 Å². The standard InChI is InChI=1S/C14H15BrFNS/c1-2-7-17-14(13-4-3-8-18-13)11-9-10(16)5-6-12(11)15/h3-6,8-9,14,17H,2,7H2,1H3. The molecule has 4 heteroatoms. The number of hydrogen-bond donors (Lipinski definition) is 1. The average Bonchev–Trinajstić information content (AvgIpc) is 2.88. The molecule has 2 aromatic rings. The topological polar surface area (TPSA) is 12.0 Å². The third-order valence-corrected chi connectivity index (χ3v) is 4.35. The Kier molecular flexibility index (Phi) is 4.92. The van der Waals surface area contributed by atoms with Crippen LogP contribution in [0.25, 0.3) is 0 Å². The van der Waals surface area contributed by atoms with E-state index in [1.165, 1.54) is 10.9 Å². The summed E-state index contributed by atoms with van der Waals surface area (Å²) in [7, 11) is 0. The Bertz CT molecular complexity index is 499. The van der Waals surface area contributed by atoms with Gasteiger partial charge in [-0.3, -0.25) is 0 Å². The molecule has 2 rings (SSSR count). The van der Waals surface area contributed by atoms with Crippen LogP contribution in [0, 0.1) is 5.82 Å². The van der Waals surface area contributed by atoms with Crippen LogP contribution in [0.5, 0.6) is 0 Å². The van der Waals surface area contributed by atoms with Gasteiger partial charge in [-0.1, -0.05) is 28.9 Å². The maximum absolute atomic E-state index is 13.4. The van der Waals surface area contributed by atoms with Crippen molar-refractivity contribution in [1.82, 2.24) is 5.32 Å². The van der Waals surface area contributed by atoms with Crippen LogP contribution in [0.1, 0.15) is 29.8 Å². The van der Waals surface area contributed by atoms with Gasteiger partial charge in [-0.05, 0) is 48.2 Å². The summed E-state index contributed by atoms with van der Waals surface area (Å²) in [6.45, 7) is 3.03. The van der Waals surface area contributed by atoms with Gasteiger partial charge in [0.05, 0.1) is 6.04 Å². The summed E-state index contributed by atoms with van der Waals surface area (Å²) in [5.41, 5.74) is 0.950. The fourth-order valence-electron chi connectivity index (χ4n) is 1.84. The van der Waals surface area contributed by atoms with Crippen molar-refractivity contribution in [3.63, 3.8) is 0 Å². The number of halogens is 2. The van der Waals surface area contributed by atoms with E-state index in [4.69, 9.17) is 0 Å². The van der Waals surface area contributed by atoms with E-state index in [9.17, 15) is 4.39 Å². The van der Waals surface area contributed by atoms with Gasteiger partial charge in [0.25, 0.3) is 0 Å². The van der Waals surface area contributed by atoms with Crippen LogP contribution in [0.3, 0.4) is 0 Å². The molecule has 0 saturated carbocycles. The highest BCUT2D eigenvalue weighted by Crippen LogP contribution is 2.31. The summed E-state index contributed by atoms with van der Waals surface area (Å²) in [6, 6.07) is 8.98. The molecule has 1 heterocycles. The van der Waals surface area contributed by atoms with E-state index >= 15 is 0 Å². The van der Waals surface area contributed by atoms with Crippen LogP contribution >= 0.6 is 27.3 Å². The van der Waals surface area contributed by atoms with E-state index in [1.54, 1.807) is 23.5 Å². The number of thiophene rings is 1. The van der Waals surface area contributed by atoms with Gasteiger partial charge in [0.15, 0.2) is 0 Å². The first-order valence-corrected chi connectivity index (χ1v) is 7.61. The zero-order valence-electron chi connectivity index (χ0n) is 10.1. The van der Waals surface area contributed by atoms with Crippen LogP contribution in [0.4, 0.5) is 4.39 Å². The Morgan fingerprint density at radius 3 is 2.89 bits per heavy atom. The minimum absolute atomic E-state index is 0.0509. The molecule has 18 heavy (non-hydrogen) atoms. The van der Waals surface area contributed by atoms with Crippen LogP contribution in [-0.4, -0.2) is 6.54 Å². The predicted molar refractivity (Wildman–Crippen MR) is 78.6 cm³/mol. The number of benzene rings is 1. The first-order valence-electron chi connectivity index (χ1n) is 5.94. The molecule has 1 atom stereocenters. The molecule has 0 aliphatic rings. The molecule has 0 aliphatic carbocycles. The molecule has 96 valence electrons. The van der Waals surface area contributed by atoms with Crippen molar-refractivity contribution >= 4 is 27.3 Å². The van der Waals surface area contributed by atoms with E-state index in [-0.39, 0.29) is 11.9 Å². The van der Waals surface area contributed by atoms with Crippen molar-refractivity contribution in [2.24, 2.45) is 0 Å². The van der Waals surface area contributed by atoms with E-state index in [0.717, 1.165) is 23.0 Å². The van der Waals surface area contributed by atoms with Crippen LogP contribution in [0.2, 0.25) is 0 Å². The molecule has 1 aromatic carbocycles. The van der Waals surface area contributed by atoms with Crippen molar-refractivity contribution in [3.8, 4) is 0 Å². The van der Waals surface area contributed by atoms with Crippen LogP contribution in [0.15, 0.2) is 40.2 Å². The summed E-state index contributed by atoms with van der Waals surface area (Å²) < 4.78 is 14.4. The normalized spacial score (nSPS) is 12.6. The molecule has 1 aromatic heterocycles. The summed E-state index contributed by atoms with van der Waals surface area (Å²) >= 11 is 5.19. The third kappa shape index (κ3) is 3.19. The highest BCUT2D eigenvalue weighted by molar-refractivity contribution is 9.10. The van der Waals surface area contributed by atoms with Crippen molar-refractivity contribution in [2.75, 3.05) is 6.54 Å². The lowest BCUT2D eigenvalue weighted by atomic mass is 10.1. The summed E-state index contributed by atoms with van der Waals surface area (Å²) in [4.78, 5) is 1.20. The van der Waals surface area contributed by atoms with Crippen molar-refractivity contribution in [2.45, 2.75) is 19.4 Å². The Morgan fingerprint density at radius 2 is 2.22 bits per heavy atom. The lowest BCUT2D eigenvalue weighted by Crippen LogP contribution is -2.22. The van der Waals surface area contributed by atoms with Gasteiger partial charge in [-0.2, -0.15) is 0 Å². The third-order valence-electron chi connectivity index (χ3n) is 2.70. The first-order chi connectivity index (χ1) is 8.72. The minimum atomic E-state index is -0.201. The Labute approximate surface area is 119 Å². The van der Waals surface area contributed by atoms with Gasteiger partial charge >= 0.3 is 0 Å². The second-order valence-corrected chi connectivity index (χ2v) is 5.90. The fourth-order valence-corrected chi connectivity index (χ4v) is 3.14. The lowest BCUT2D eigenvalue weighted by Gasteiger charge is -2.19. The smallest absolute Gasteiger partial charge is 0.123 e. The van der Waals surface area contributed by atoms with Gasteiger partial charge in [0, 0.05) is 9.35 Å².